The van der Waals surface area contributed by atoms with Crippen molar-refractivity contribution in [2.75, 3.05) is 11.6 Å². The Morgan fingerprint density at radius 2 is 1.73 bits per heavy atom. The monoisotopic (exact) mass is 775 g/mol. The third kappa shape index (κ3) is 7.83. The number of nitrogens with zero attached hydrogens (tertiary/aromatic N) is 3. The second-order valence-electron chi connectivity index (χ2n) is 15.2. The zero-order chi connectivity index (χ0) is 39.0. The summed E-state index contributed by atoms with van der Waals surface area (Å²) < 4.78 is 6.57. The fourth-order valence-electron chi connectivity index (χ4n) is 8.30. The molecule has 7 rings (SSSR count). The first-order valence-corrected chi connectivity index (χ1v) is 22.1. The van der Waals surface area contributed by atoms with Crippen LogP contribution in [0.3, 0.4) is 0 Å². The van der Waals surface area contributed by atoms with Crippen molar-refractivity contribution < 1.29 is 14.6 Å². The van der Waals surface area contributed by atoms with Gasteiger partial charge in [0.15, 0.2) is 0 Å². The molecule has 288 valence electrons. The van der Waals surface area contributed by atoms with Crippen LogP contribution in [-0.4, -0.2) is 45.9 Å². The van der Waals surface area contributed by atoms with Gasteiger partial charge in [-0.2, -0.15) is 0 Å². The summed E-state index contributed by atoms with van der Waals surface area (Å²) in [4.78, 5) is 28.8. The Balaban J connectivity index is 1.30. The number of aliphatic hydroxyl groups excluding tert-OH is 1. The first kappa shape index (κ1) is 39.1. The molecule has 1 aromatic carbocycles. The van der Waals surface area contributed by atoms with Gasteiger partial charge in [0.2, 0.25) is 5.91 Å². The molecule has 2 unspecified atom stereocenters. The summed E-state index contributed by atoms with van der Waals surface area (Å²) in [6.07, 6.45) is 9.57. The molecule has 55 heavy (non-hydrogen) atoms. The number of amides is 1. The Hall–Kier alpha value is -4.12. The van der Waals surface area contributed by atoms with Gasteiger partial charge >= 0.3 is 0 Å². The molecule has 8 bridgehead atoms. The van der Waals surface area contributed by atoms with Crippen LogP contribution in [-0.2, 0) is 16.1 Å². The van der Waals surface area contributed by atoms with Crippen molar-refractivity contribution in [2.45, 2.75) is 100 Å². The molecule has 0 saturated carbocycles. The van der Waals surface area contributed by atoms with Crippen LogP contribution in [0.4, 0.5) is 0 Å². The van der Waals surface area contributed by atoms with Crippen LogP contribution in [0.15, 0.2) is 131 Å². The number of benzene rings is 1. The van der Waals surface area contributed by atoms with Crippen molar-refractivity contribution in [3.8, 4) is 0 Å². The number of allylic oxidation sites excluding steroid dienone is 11. The van der Waals surface area contributed by atoms with Crippen molar-refractivity contribution in [3.05, 3.63) is 127 Å². The molecule has 10 heteroatoms. The Labute approximate surface area is 334 Å². The second-order valence-corrected chi connectivity index (χ2v) is 17.8. The molecule has 5 heterocycles. The van der Waals surface area contributed by atoms with E-state index in [4.69, 9.17) is 19.7 Å². The standard InChI is InChI=1S/C45H53N5O3S2/c1-9-17-54-55-23-46-41(52)16-15-32-26(5)35-19-36-27(6)42(29(8)53-22-30-13-11-24(3)12-14-30)39(48-36)21-34-25(4)31(10-2)38(47-34)20-37-28(7)43-40(51)18-33(44(32)49-35)45(43)50-37/h11-14,19-21,26,29,32,49,51H,9-10,15-18,22-23H2,1-8H3,(H,46,52)/t26?,29?,32-/m0/s1. The van der Waals surface area contributed by atoms with Gasteiger partial charge in [0.1, 0.15) is 5.76 Å². The zero-order valence-corrected chi connectivity index (χ0v) is 35.0. The normalized spacial score (nSPS) is 22.3. The predicted molar refractivity (Wildman–Crippen MR) is 230 cm³/mol. The molecule has 0 spiro atoms. The van der Waals surface area contributed by atoms with Crippen LogP contribution in [0.1, 0.15) is 91.7 Å². The summed E-state index contributed by atoms with van der Waals surface area (Å²) in [7, 11) is 3.48. The third-order valence-electron chi connectivity index (χ3n) is 11.5. The summed E-state index contributed by atoms with van der Waals surface area (Å²) in [6.45, 7) is 17.6. The lowest BCUT2D eigenvalue weighted by Gasteiger charge is -2.18. The Morgan fingerprint density at radius 3 is 2.47 bits per heavy atom. The minimum Gasteiger partial charge on any atom is -0.511 e. The van der Waals surface area contributed by atoms with Crippen LogP contribution in [0, 0.1) is 18.8 Å². The molecule has 1 fully saturated rings. The van der Waals surface area contributed by atoms with E-state index in [2.05, 4.69) is 102 Å². The van der Waals surface area contributed by atoms with Gasteiger partial charge in [-0.05, 0) is 100.0 Å². The quantitative estimate of drug-likeness (QED) is 0.105. The lowest BCUT2D eigenvalue weighted by Crippen LogP contribution is -2.24. The number of aliphatic hydroxyl groups is 1. The van der Waals surface area contributed by atoms with Crippen LogP contribution < -0.4 is 10.6 Å². The molecule has 5 aliphatic heterocycles. The molecule has 3 N–H and O–H groups in total. The van der Waals surface area contributed by atoms with E-state index in [1.165, 1.54) is 11.1 Å². The highest BCUT2D eigenvalue weighted by molar-refractivity contribution is 8.76. The largest absolute Gasteiger partial charge is 0.511 e. The van der Waals surface area contributed by atoms with Gasteiger partial charge in [0.25, 0.3) is 0 Å². The molecule has 0 radical (unpaired) electrons. The summed E-state index contributed by atoms with van der Waals surface area (Å²) in [6, 6.07) is 8.48. The zero-order valence-electron chi connectivity index (χ0n) is 33.4. The van der Waals surface area contributed by atoms with Crippen molar-refractivity contribution in [1.29, 1.82) is 0 Å². The van der Waals surface area contributed by atoms with E-state index in [-0.39, 0.29) is 23.8 Å². The first-order chi connectivity index (χ1) is 26.5. The van der Waals surface area contributed by atoms with E-state index >= 15 is 0 Å². The highest BCUT2D eigenvalue weighted by Gasteiger charge is 2.41. The van der Waals surface area contributed by atoms with E-state index in [0.717, 1.165) is 103 Å². The van der Waals surface area contributed by atoms with Crippen LogP contribution >= 0.6 is 21.6 Å². The smallest absolute Gasteiger partial charge is 0.220 e. The second kappa shape index (κ2) is 16.5. The summed E-state index contributed by atoms with van der Waals surface area (Å²) in [5.41, 5.74) is 16.8. The number of carbonyl (C=O) groups is 1. The van der Waals surface area contributed by atoms with E-state index < -0.39 is 0 Å². The number of aliphatic imine (C=N–C) groups is 3. The maximum absolute atomic E-state index is 13.1. The molecule has 0 aromatic heterocycles. The molecular weight excluding hydrogens is 723 g/mol. The van der Waals surface area contributed by atoms with Crippen LogP contribution in [0.2, 0.25) is 0 Å². The molecular formula is C45H53N5O3S2. The Kier molecular flexibility index (Phi) is 11.8. The van der Waals surface area contributed by atoms with Crippen LogP contribution in [0.5, 0.6) is 0 Å². The minimum absolute atomic E-state index is 0.0266. The number of ether oxygens (including phenoxy) is 1. The fraction of sp³-hybridized carbons (Fsp3) is 0.422. The Bertz CT molecular complexity index is 2160. The topological polar surface area (TPSA) is 108 Å². The van der Waals surface area contributed by atoms with Crippen molar-refractivity contribution in [2.24, 2.45) is 26.8 Å². The molecule has 3 atom stereocenters. The van der Waals surface area contributed by atoms with E-state index in [1.54, 1.807) is 21.6 Å². The molecule has 1 aromatic rings. The summed E-state index contributed by atoms with van der Waals surface area (Å²) in [5, 5.41) is 18.4. The van der Waals surface area contributed by atoms with Crippen molar-refractivity contribution >= 4 is 44.6 Å². The van der Waals surface area contributed by atoms with Gasteiger partial charge in [-0.25, -0.2) is 15.0 Å². The lowest BCUT2D eigenvalue weighted by molar-refractivity contribution is -0.121. The summed E-state index contributed by atoms with van der Waals surface area (Å²) in [5.74, 6) is 2.16. The molecule has 8 nitrogen and oxygen atoms in total. The lowest BCUT2D eigenvalue weighted by atomic mass is 9.86. The number of hydrogen-bond acceptors (Lipinski definition) is 9. The SMILES string of the molecule is CCCSSCNC(=O)CC[C@@H]1C2=C3CC(O)=C4C3=NC(=C4C)C=C3N=C(C=C4N=C(C=C(N2)C1C)C(C)=C4C(C)OCc1ccc(C)cc1)C(C)=C3CC. The van der Waals surface area contributed by atoms with Gasteiger partial charge in [-0.15, -0.1) is 0 Å². The molecule has 6 aliphatic rings. The number of aryl methyl sites for hydroxylation is 1. The van der Waals surface area contributed by atoms with Crippen LogP contribution in [0.25, 0.3) is 0 Å². The van der Waals surface area contributed by atoms with E-state index in [1.807, 2.05) is 6.92 Å². The van der Waals surface area contributed by atoms with Crippen molar-refractivity contribution in [3.63, 3.8) is 0 Å². The average Bonchev–Trinajstić information content (AvgIpc) is 3.92. The number of rotatable bonds is 13. The van der Waals surface area contributed by atoms with Gasteiger partial charge in [-0.3, -0.25) is 4.79 Å². The highest BCUT2D eigenvalue weighted by Crippen LogP contribution is 2.46. The fourth-order valence-corrected chi connectivity index (χ4v) is 10.2. The molecule has 1 amide bonds. The average molecular weight is 776 g/mol. The number of nitrogens with one attached hydrogen (secondary N) is 2. The van der Waals surface area contributed by atoms with Gasteiger partial charge < -0.3 is 20.5 Å². The van der Waals surface area contributed by atoms with Gasteiger partial charge in [0, 0.05) is 58.5 Å². The Morgan fingerprint density at radius 1 is 0.982 bits per heavy atom. The van der Waals surface area contributed by atoms with E-state index in [9.17, 15) is 9.90 Å². The molecule has 1 saturated heterocycles. The number of hydrogen-bond donors (Lipinski definition) is 3. The predicted octanol–water partition coefficient (Wildman–Crippen LogP) is 10.2. The third-order valence-corrected chi connectivity index (χ3v) is 13.9. The molecule has 1 aliphatic carbocycles. The highest BCUT2D eigenvalue weighted by atomic mass is 33.1. The first-order valence-electron chi connectivity index (χ1n) is 19.6. The number of carbonyl (C=O) groups excluding carboxylic acids is 1. The van der Waals surface area contributed by atoms with Gasteiger partial charge in [0.05, 0.1) is 52.8 Å². The van der Waals surface area contributed by atoms with Gasteiger partial charge in [-0.1, -0.05) is 72.2 Å². The maximum Gasteiger partial charge on any atom is 0.220 e. The number of fused-ring (bicyclic) bond motifs is 5. The minimum atomic E-state index is -0.220. The van der Waals surface area contributed by atoms with Crippen molar-refractivity contribution in [1.82, 2.24) is 10.6 Å². The van der Waals surface area contributed by atoms with E-state index in [0.29, 0.717) is 37.5 Å². The maximum atomic E-state index is 13.1. The summed E-state index contributed by atoms with van der Waals surface area (Å²) >= 11 is 0.